The molecule has 1 aliphatic heterocycles. The van der Waals surface area contributed by atoms with Crippen molar-refractivity contribution in [3.05, 3.63) is 47.8 Å². The van der Waals surface area contributed by atoms with E-state index < -0.39 is 0 Å². The van der Waals surface area contributed by atoms with E-state index in [1.165, 1.54) is 17.4 Å². The number of halogens is 1. The zero-order valence-electron chi connectivity index (χ0n) is 15.7. The molecule has 1 amide bonds. The molecule has 28 heavy (non-hydrogen) atoms. The summed E-state index contributed by atoms with van der Waals surface area (Å²) in [7, 11) is 3.66. The number of aromatic nitrogens is 1. The highest BCUT2D eigenvalue weighted by Crippen LogP contribution is 2.29. The predicted molar refractivity (Wildman–Crippen MR) is 110 cm³/mol. The van der Waals surface area contributed by atoms with Crippen LogP contribution in [0.1, 0.15) is 10.4 Å². The number of anilines is 2. The third-order valence-electron chi connectivity index (χ3n) is 4.87. The molecule has 8 heteroatoms. The van der Waals surface area contributed by atoms with Gasteiger partial charge in [-0.25, -0.2) is 9.37 Å². The van der Waals surface area contributed by atoms with E-state index in [4.69, 9.17) is 4.74 Å². The van der Waals surface area contributed by atoms with Gasteiger partial charge in [-0.05, 0) is 43.4 Å². The minimum atomic E-state index is -0.383. The van der Waals surface area contributed by atoms with E-state index in [0.29, 0.717) is 10.8 Å². The lowest BCUT2D eigenvalue weighted by molar-refractivity contribution is 0.102. The second-order valence-electron chi connectivity index (χ2n) is 6.76. The van der Waals surface area contributed by atoms with Gasteiger partial charge in [-0.2, -0.15) is 0 Å². The fourth-order valence-corrected chi connectivity index (χ4v) is 4.10. The molecule has 3 aromatic rings. The van der Waals surface area contributed by atoms with Gasteiger partial charge in [-0.3, -0.25) is 10.1 Å². The number of carbonyl (C=O) groups is 1. The van der Waals surface area contributed by atoms with Crippen molar-refractivity contribution in [1.29, 1.82) is 0 Å². The van der Waals surface area contributed by atoms with Crippen molar-refractivity contribution >= 4 is 38.3 Å². The molecule has 0 saturated carbocycles. The van der Waals surface area contributed by atoms with Gasteiger partial charge in [0.05, 0.1) is 23.0 Å². The average Bonchev–Trinajstić information content (AvgIpc) is 3.10. The molecule has 1 aliphatic rings. The standard InChI is InChI=1S/C20H21FN4O2S/c1-24-7-9-25(10-8-24)17-6-3-13(11-15(17)21)19(26)23-20-22-16-5-4-14(27-2)12-18(16)28-20/h3-6,11-12H,7-10H2,1-2H3,(H,22,23,26). The highest BCUT2D eigenvalue weighted by atomic mass is 32.1. The molecular weight excluding hydrogens is 379 g/mol. The number of carbonyl (C=O) groups excluding carboxylic acids is 1. The van der Waals surface area contributed by atoms with Gasteiger partial charge < -0.3 is 14.5 Å². The summed E-state index contributed by atoms with van der Waals surface area (Å²) in [6, 6.07) is 10.2. The Labute approximate surface area is 166 Å². The monoisotopic (exact) mass is 400 g/mol. The number of rotatable bonds is 4. The molecule has 0 bridgehead atoms. The Hall–Kier alpha value is -2.71. The maximum Gasteiger partial charge on any atom is 0.257 e. The maximum atomic E-state index is 14.6. The summed E-state index contributed by atoms with van der Waals surface area (Å²) >= 11 is 1.35. The first-order valence-electron chi connectivity index (χ1n) is 9.02. The minimum absolute atomic E-state index is 0.271. The first kappa shape index (κ1) is 18.6. The number of likely N-dealkylation sites (N-methyl/N-ethyl adjacent to an activating group) is 1. The maximum absolute atomic E-state index is 14.6. The Morgan fingerprint density at radius 2 is 1.96 bits per heavy atom. The van der Waals surface area contributed by atoms with E-state index in [0.717, 1.165) is 42.1 Å². The van der Waals surface area contributed by atoms with Gasteiger partial charge in [0.1, 0.15) is 11.6 Å². The van der Waals surface area contributed by atoms with E-state index in [1.54, 1.807) is 19.2 Å². The van der Waals surface area contributed by atoms with Crippen LogP contribution in [0.25, 0.3) is 10.2 Å². The summed E-state index contributed by atoms with van der Waals surface area (Å²) in [6.45, 7) is 3.33. The quantitative estimate of drug-likeness (QED) is 0.727. The molecule has 6 nitrogen and oxygen atoms in total. The lowest BCUT2D eigenvalue weighted by Crippen LogP contribution is -2.44. The number of nitrogens with one attached hydrogen (secondary N) is 1. The van der Waals surface area contributed by atoms with Crippen LogP contribution < -0.4 is 15.0 Å². The zero-order chi connectivity index (χ0) is 19.7. The fraction of sp³-hybridized carbons (Fsp3) is 0.300. The highest BCUT2D eigenvalue weighted by Gasteiger charge is 2.19. The summed E-state index contributed by atoms with van der Waals surface area (Å²) in [6.07, 6.45) is 0. The van der Waals surface area contributed by atoms with Crippen LogP contribution in [0.5, 0.6) is 5.75 Å². The molecule has 146 valence electrons. The number of ether oxygens (including phenoxy) is 1. The van der Waals surface area contributed by atoms with Crippen LogP contribution in [0, 0.1) is 5.82 Å². The Balaban J connectivity index is 1.49. The molecule has 0 aliphatic carbocycles. The second kappa shape index (κ2) is 7.73. The zero-order valence-corrected chi connectivity index (χ0v) is 16.6. The van der Waals surface area contributed by atoms with Gasteiger partial charge >= 0.3 is 0 Å². The van der Waals surface area contributed by atoms with Crippen LogP contribution in [0.4, 0.5) is 15.2 Å². The summed E-state index contributed by atoms with van der Waals surface area (Å²) in [5.74, 6) is -0.0309. The van der Waals surface area contributed by atoms with Gasteiger partial charge in [0.25, 0.3) is 5.91 Å². The number of amides is 1. The number of piperazine rings is 1. The molecule has 1 saturated heterocycles. The molecular formula is C20H21FN4O2S. The van der Waals surface area contributed by atoms with Crippen molar-refractivity contribution in [2.75, 3.05) is 50.6 Å². The number of hydrogen-bond acceptors (Lipinski definition) is 6. The van der Waals surface area contributed by atoms with Crippen molar-refractivity contribution in [2.45, 2.75) is 0 Å². The molecule has 0 atom stereocenters. The number of fused-ring (bicyclic) bond motifs is 1. The first-order chi connectivity index (χ1) is 13.5. The van der Waals surface area contributed by atoms with Crippen LogP contribution in [0.3, 0.4) is 0 Å². The van der Waals surface area contributed by atoms with E-state index in [1.807, 2.05) is 23.1 Å². The van der Waals surface area contributed by atoms with Crippen molar-refractivity contribution < 1.29 is 13.9 Å². The molecule has 2 aromatic carbocycles. The van der Waals surface area contributed by atoms with Crippen molar-refractivity contribution in [1.82, 2.24) is 9.88 Å². The fourth-order valence-electron chi connectivity index (χ4n) is 3.21. The molecule has 2 heterocycles. The molecule has 0 unspecified atom stereocenters. The summed E-state index contributed by atoms with van der Waals surface area (Å²) in [4.78, 5) is 21.2. The van der Waals surface area contributed by atoms with E-state index in [9.17, 15) is 9.18 Å². The van der Waals surface area contributed by atoms with Crippen LogP contribution >= 0.6 is 11.3 Å². The van der Waals surface area contributed by atoms with Gasteiger partial charge in [-0.1, -0.05) is 11.3 Å². The number of nitrogens with zero attached hydrogens (tertiary/aromatic N) is 3. The van der Waals surface area contributed by atoms with E-state index in [2.05, 4.69) is 22.2 Å². The van der Waals surface area contributed by atoms with Crippen LogP contribution in [0.2, 0.25) is 0 Å². The Morgan fingerprint density at radius 3 is 2.68 bits per heavy atom. The summed E-state index contributed by atoms with van der Waals surface area (Å²) in [5, 5.41) is 3.23. The smallest absolute Gasteiger partial charge is 0.257 e. The van der Waals surface area contributed by atoms with E-state index in [-0.39, 0.29) is 17.3 Å². The lowest BCUT2D eigenvalue weighted by atomic mass is 10.1. The van der Waals surface area contributed by atoms with Crippen LogP contribution in [-0.2, 0) is 0 Å². The van der Waals surface area contributed by atoms with Gasteiger partial charge in [0.2, 0.25) is 0 Å². The molecule has 1 aromatic heterocycles. The van der Waals surface area contributed by atoms with Gasteiger partial charge in [0.15, 0.2) is 5.13 Å². The first-order valence-corrected chi connectivity index (χ1v) is 9.84. The van der Waals surface area contributed by atoms with Crippen LogP contribution in [0.15, 0.2) is 36.4 Å². The third-order valence-corrected chi connectivity index (χ3v) is 5.80. The van der Waals surface area contributed by atoms with Crippen molar-refractivity contribution in [2.24, 2.45) is 0 Å². The number of methoxy groups -OCH3 is 1. The van der Waals surface area contributed by atoms with Crippen LogP contribution in [-0.4, -0.2) is 56.1 Å². The molecule has 4 rings (SSSR count). The largest absolute Gasteiger partial charge is 0.497 e. The lowest BCUT2D eigenvalue weighted by Gasteiger charge is -2.34. The third kappa shape index (κ3) is 3.79. The average molecular weight is 400 g/mol. The Morgan fingerprint density at radius 1 is 1.18 bits per heavy atom. The Kier molecular flexibility index (Phi) is 5.15. The number of benzene rings is 2. The SMILES string of the molecule is COc1ccc2nc(NC(=O)c3ccc(N4CCN(C)CC4)c(F)c3)sc2c1. The molecule has 0 spiro atoms. The summed E-state index contributed by atoms with van der Waals surface area (Å²) < 4.78 is 20.7. The molecule has 1 N–H and O–H groups in total. The number of thiazole rings is 1. The van der Waals surface area contributed by atoms with Crippen molar-refractivity contribution in [3.8, 4) is 5.75 Å². The Bertz CT molecular complexity index is 1010. The second-order valence-corrected chi connectivity index (χ2v) is 7.79. The van der Waals surface area contributed by atoms with Gasteiger partial charge in [0, 0.05) is 31.7 Å². The molecule has 1 fully saturated rings. The normalized spacial score (nSPS) is 15.0. The summed E-state index contributed by atoms with van der Waals surface area (Å²) in [5.41, 5.74) is 1.58. The topological polar surface area (TPSA) is 57.7 Å². The predicted octanol–water partition coefficient (Wildman–Crippen LogP) is 3.45. The van der Waals surface area contributed by atoms with Crippen molar-refractivity contribution in [3.63, 3.8) is 0 Å². The van der Waals surface area contributed by atoms with Gasteiger partial charge in [-0.15, -0.1) is 0 Å². The molecule has 0 radical (unpaired) electrons. The number of hydrogen-bond donors (Lipinski definition) is 1. The minimum Gasteiger partial charge on any atom is -0.497 e. The highest BCUT2D eigenvalue weighted by molar-refractivity contribution is 7.22. The van der Waals surface area contributed by atoms with E-state index >= 15 is 0 Å².